The van der Waals surface area contributed by atoms with Crippen molar-refractivity contribution in [3.05, 3.63) is 0 Å². The second-order valence-corrected chi connectivity index (χ2v) is 7.23. The molecule has 1 aliphatic rings. The molecule has 84 valence electrons. The van der Waals surface area contributed by atoms with Gasteiger partial charge in [0.05, 0.1) is 0 Å². The Bertz CT molecular complexity index is 342. The van der Waals surface area contributed by atoms with E-state index in [0.29, 0.717) is 0 Å². The van der Waals surface area contributed by atoms with E-state index in [1.54, 1.807) is 0 Å². The summed E-state index contributed by atoms with van der Waals surface area (Å²) in [5.41, 5.74) is 0. The fourth-order valence-corrected chi connectivity index (χ4v) is 4.21. The molecule has 1 unspecified atom stereocenters. The van der Waals surface area contributed by atoms with Crippen molar-refractivity contribution >= 4 is 35.8 Å². The normalized spacial score (nSPS) is 25.1. The van der Waals surface area contributed by atoms with Crippen molar-refractivity contribution in [3.8, 4) is 0 Å². The van der Waals surface area contributed by atoms with Crippen LogP contribution in [-0.4, -0.2) is 14.7 Å². The van der Waals surface area contributed by atoms with E-state index in [0.717, 1.165) is 0 Å². The summed E-state index contributed by atoms with van der Waals surface area (Å²) in [6.07, 6.45) is 0. The first-order valence-corrected chi connectivity index (χ1v) is 7.73. The minimum atomic E-state index is -5.24. The number of rotatable bonds is 4. The molecule has 1 aliphatic heterocycles. The van der Waals surface area contributed by atoms with Crippen molar-refractivity contribution in [2.24, 2.45) is 0 Å². The first-order chi connectivity index (χ1) is 6.12. The molecule has 1 fully saturated rings. The molecule has 0 bridgehead atoms. The largest absolute Gasteiger partial charge is 0.509 e. The van der Waals surface area contributed by atoms with Crippen LogP contribution in [0.2, 0.25) is 0 Å². The smallest absolute Gasteiger partial charge is 0.302 e. The van der Waals surface area contributed by atoms with Gasteiger partial charge in [0.15, 0.2) is 12.3 Å². The van der Waals surface area contributed by atoms with E-state index in [1.807, 2.05) is 0 Å². The Morgan fingerprint density at radius 1 is 1.21 bits per heavy atom. The third-order valence-corrected chi connectivity index (χ3v) is 5.91. The van der Waals surface area contributed by atoms with Crippen LogP contribution >= 0.6 is 35.8 Å². The third kappa shape index (κ3) is 4.09. The summed E-state index contributed by atoms with van der Waals surface area (Å²) in [6.45, 7) is 0. The maximum atomic E-state index is 10.8. The van der Waals surface area contributed by atoms with Crippen LogP contribution in [-0.2, 0) is 30.3 Å². The van der Waals surface area contributed by atoms with Gasteiger partial charge in [-0.3, -0.25) is 0 Å². The predicted octanol–water partition coefficient (Wildman–Crippen LogP) is 0.931. The van der Waals surface area contributed by atoms with Gasteiger partial charge < -0.3 is 14.7 Å². The monoisotopic (exact) mass is 291 g/mol. The van der Waals surface area contributed by atoms with Crippen LogP contribution in [0.1, 0.15) is 0 Å². The SMILES string of the molecule is O=P(O)(O)OP(=O)(O)OP1(=O)O[35S]O1. The highest BCUT2D eigenvalue weighted by molar-refractivity contribution is 8.03. The zero-order chi connectivity index (χ0) is 11.0. The molecule has 1 saturated heterocycles. The molecule has 0 aromatic heterocycles. The second kappa shape index (κ2) is 3.97. The van der Waals surface area contributed by atoms with Crippen LogP contribution in [0.3, 0.4) is 0 Å². The van der Waals surface area contributed by atoms with E-state index in [-0.39, 0.29) is 12.3 Å². The van der Waals surface area contributed by atoms with E-state index >= 15 is 0 Å². The van der Waals surface area contributed by atoms with Gasteiger partial charge in [0, 0.05) is 0 Å². The lowest BCUT2D eigenvalue weighted by Gasteiger charge is -2.22. The van der Waals surface area contributed by atoms with Crippen LogP contribution in [0.4, 0.5) is 0 Å². The van der Waals surface area contributed by atoms with Crippen molar-refractivity contribution < 1.29 is 44.9 Å². The lowest BCUT2D eigenvalue weighted by atomic mass is 15.7. The summed E-state index contributed by atoms with van der Waals surface area (Å²) in [7, 11) is -14.6. The molecular formula is H3O10P3S. The van der Waals surface area contributed by atoms with E-state index < -0.39 is 23.5 Å². The van der Waals surface area contributed by atoms with Gasteiger partial charge >= 0.3 is 23.5 Å². The van der Waals surface area contributed by atoms with Gasteiger partial charge in [-0.25, -0.2) is 13.7 Å². The number of hydrogen-bond acceptors (Lipinski definition) is 8. The van der Waals surface area contributed by atoms with Gasteiger partial charge in [0.1, 0.15) is 0 Å². The van der Waals surface area contributed by atoms with Gasteiger partial charge in [-0.2, -0.15) is 16.6 Å². The fourth-order valence-electron chi connectivity index (χ4n) is 0.383. The minimum Gasteiger partial charge on any atom is -0.302 e. The standard InChI is InChI=1S/H3O10P3S/c1-11(2,3)7-12(4,5)8-13(6)9-14-10-13/h(H,4,5)(H2,1,2,3)/i14+3. The quantitative estimate of drug-likeness (QED) is 0.501. The fraction of sp³-hybridized carbons (Fsp3) is 0. The molecule has 14 heteroatoms. The number of phosphoric acid groups is 3. The van der Waals surface area contributed by atoms with Crippen molar-refractivity contribution in [2.45, 2.75) is 0 Å². The van der Waals surface area contributed by atoms with Gasteiger partial charge in [-0.1, -0.05) is 0 Å². The topological polar surface area (TPSA) is 149 Å². The Morgan fingerprint density at radius 3 is 2.00 bits per heavy atom. The Labute approximate surface area is 81.4 Å². The van der Waals surface area contributed by atoms with Gasteiger partial charge in [-0.05, 0) is 0 Å². The molecule has 0 amide bonds. The van der Waals surface area contributed by atoms with E-state index in [1.165, 1.54) is 0 Å². The summed E-state index contributed by atoms with van der Waals surface area (Å²) < 4.78 is 46.8. The lowest BCUT2D eigenvalue weighted by molar-refractivity contribution is 0.202. The molecule has 1 atom stereocenters. The molecule has 3 N–H and O–H groups in total. The maximum Gasteiger partial charge on any atom is 0.509 e. The Hall–Kier alpha value is 0.760. The van der Waals surface area contributed by atoms with Crippen LogP contribution in [0.25, 0.3) is 0 Å². The van der Waals surface area contributed by atoms with Crippen molar-refractivity contribution in [1.82, 2.24) is 0 Å². The molecule has 0 aromatic carbocycles. The second-order valence-electron chi connectivity index (χ2n) is 1.79. The maximum absolute atomic E-state index is 10.8. The van der Waals surface area contributed by atoms with Gasteiger partial charge in [0.2, 0.25) is 0 Å². The molecule has 0 aromatic rings. The highest BCUT2D eigenvalue weighted by Gasteiger charge is 2.48. The van der Waals surface area contributed by atoms with Crippen molar-refractivity contribution in [1.29, 1.82) is 0 Å². The molecule has 14 heavy (non-hydrogen) atoms. The Morgan fingerprint density at radius 2 is 1.71 bits per heavy atom. The molecule has 1 rings (SSSR count). The van der Waals surface area contributed by atoms with Gasteiger partial charge in [0.25, 0.3) is 0 Å². The first kappa shape index (κ1) is 12.8. The summed E-state index contributed by atoms with van der Waals surface area (Å²) in [5.74, 6) is 0. The first-order valence-electron chi connectivity index (χ1n) is 2.58. The highest BCUT2D eigenvalue weighted by Crippen LogP contribution is 2.75. The van der Waals surface area contributed by atoms with Crippen LogP contribution in [0.5, 0.6) is 0 Å². The molecule has 0 saturated carbocycles. The number of hydrogen-bond donors (Lipinski definition) is 3. The lowest BCUT2D eigenvalue weighted by Crippen LogP contribution is -2.00. The predicted molar refractivity (Wildman–Crippen MR) is 41.4 cm³/mol. The summed E-state index contributed by atoms with van der Waals surface area (Å²) in [5, 5.41) is 0. The summed E-state index contributed by atoms with van der Waals surface area (Å²) in [6, 6.07) is 0. The van der Waals surface area contributed by atoms with E-state index in [9.17, 15) is 13.7 Å². The molecule has 0 radical (unpaired) electrons. The van der Waals surface area contributed by atoms with Crippen molar-refractivity contribution in [3.63, 3.8) is 0 Å². The Balaban J connectivity index is 2.63. The van der Waals surface area contributed by atoms with Crippen molar-refractivity contribution in [2.75, 3.05) is 0 Å². The third-order valence-electron chi connectivity index (χ3n) is 0.656. The van der Waals surface area contributed by atoms with E-state index in [4.69, 9.17) is 14.7 Å². The molecule has 10 nitrogen and oxygen atoms in total. The minimum absolute atomic E-state index is 0.233. The summed E-state index contributed by atoms with van der Waals surface area (Å²) >= 11 is 0.233. The highest BCUT2D eigenvalue weighted by atomic mass is 35.1. The van der Waals surface area contributed by atoms with Crippen LogP contribution in [0, 0.1) is 0 Å². The summed E-state index contributed by atoms with van der Waals surface area (Å²) in [4.78, 5) is 24.9. The molecule has 1 heterocycles. The molecule has 0 aliphatic carbocycles. The molecular weight excluding hydrogens is 288 g/mol. The Kier molecular flexibility index (Phi) is 3.64. The van der Waals surface area contributed by atoms with E-state index in [2.05, 4.69) is 16.6 Å². The van der Waals surface area contributed by atoms with Crippen LogP contribution < -0.4 is 0 Å². The zero-order valence-corrected chi connectivity index (χ0v) is 9.45. The zero-order valence-electron chi connectivity index (χ0n) is 5.95. The average molecular weight is 291 g/mol. The molecule has 0 spiro atoms. The average Bonchev–Trinajstić information content (AvgIpc) is 1.76. The van der Waals surface area contributed by atoms with Gasteiger partial charge in [-0.15, -0.1) is 0 Å². The van der Waals surface area contributed by atoms with Crippen LogP contribution in [0.15, 0.2) is 0 Å².